The average Bonchev–Trinajstić information content (AvgIpc) is 2.50. The van der Waals surface area contributed by atoms with Crippen molar-refractivity contribution in [2.45, 2.75) is 18.9 Å². The predicted molar refractivity (Wildman–Crippen MR) is 78.4 cm³/mol. The van der Waals surface area contributed by atoms with Crippen LogP contribution in [0, 0.1) is 0 Å². The first kappa shape index (κ1) is 14.3. The second-order valence-electron chi connectivity index (χ2n) is 5.50. The molecule has 0 spiro atoms. The number of nitrogens with zero attached hydrogens (tertiary/aromatic N) is 5. The molecule has 3 heterocycles. The summed E-state index contributed by atoms with van der Waals surface area (Å²) in [5.74, 6) is 0.781. The van der Waals surface area contributed by atoms with Gasteiger partial charge in [-0.05, 0) is 19.9 Å². The number of ether oxygens (including phenoxy) is 2. The third-order valence-corrected chi connectivity index (χ3v) is 3.85. The molecule has 0 unspecified atom stereocenters. The average molecular weight is 294 g/mol. The number of anilines is 2. The molecule has 0 saturated carbocycles. The topological polar surface area (TPSA) is 89.6 Å². The number of hydrogen-bond donors (Lipinski definition) is 1. The Bertz CT molecular complexity index is 472. The number of morpholine rings is 1. The van der Waals surface area contributed by atoms with Crippen LogP contribution in [-0.2, 0) is 4.74 Å². The van der Waals surface area contributed by atoms with Crippen LogP contribution in [0.4, 0.5) is 11.9 Å². The predicted octanol–water partition coefficient (Wildman–Crippen LogP) is -0.237. The van der Waals surface area contributed by atoms with Gasteiger partial charge in [-0.25, -0.2) is 0 Å². The van der Waals surface area contributed by atoms with Crippen molar-refractivity contribution in [2.75, 3.05) is 57.1 Å². The maximum Gasteiger partial charge on any atom is 0.323 e. The number of hydrogen-bond acceptors (Lipinski definition) is 8. The molecule has 3 rings (SSSR count). The summed E-state index contributed by atoms with van der Waals surface area (Å²) in [5, 5.41) is 0. The van der Waals surface area contributed by atoms with Gasteiger partial charge in [0.1, 0.15) is 6.10 Å². The van der Waals surface area contributed by atoms with Crippen LogP contribution in [0.2, 0.25) is 0 Å². The highest BCUT2D eigenvalue weighted by molar-refractivity contribution is 5.36. The summed E-state index contributed by atoms with van der Waals surface area (Å²) >= 11 is 0. The first-order valence-corrected chi connectivity index (χ1v) is 7.40. The van der Waals surface area contributed by atoms with E-state index >= 15 is 0 Å². The molecule has 1 aromatic heterocycles. The van der Waals surface area contributed by atoms with Crippen LogP contribution in [0.5, 0.6) is 6.01 Å². The van der Waals surface area contributed by atoms with Gasteiger partial charge in [0.2, 0.25) is 11.9 Å². The third-order valence-electron chi connectivity index (χ3n) is 3.85. The minimum atomic E-state index is 0.153. The lowest BCUT2D eigenvalue weighted by molar-refractivity contribution is 0.104. The van der Waals surface area contributed by atoms with Gasteiger partial charge in [0, 0.05) is 26.2 Å². The molecule has 2 saturated heterocycles. The summed E-state index contributed by atoms with van der Waals surface area (Å²) < 4.78 is 11.2. The van der Waals surface area contributed by atoms with Crippen molar-refractivity contribution in [2.24, 2.45) is 0 Å². The van der Waals surface area contributed by atoms with Crippen LogP contribution in [0.15, 0.2) is 0 Å². The number of nitrogens with two attached hydrogens (primary N) is 1. The molecule has 8 nitrogen and oxygen atoms in total. The van der Waals surface area contributed by atoms with Crippen LogP contribution in [-0.4, -0.2) is 72.4 Å². The molecular weight excluding hydrogens is 272 g/mol. The highest BCUT2D eigenvalue weighted by atomic mass is 16.5. The molecule has 0 bridgehead atoms. The Kier molecular flexibility index (Phi) is 4.35. The van der Waals surface area contributed by atoms with Crippen LogP contribution >= 0.6 is 0 Å². The summed E-state index contributed by atoms with van der Waals surface area (Å²) in [6.45, 7) is 4.94. The zero-order valence-corrected chi connectivity index (χ0v) is 12.4. The molecule has 116 valence electrons. The lowest BCUT2D eigenvalue weighted by atomic mass is 10.1. The monoisotopic (exact) mass is 294 g/mol. The molecule has 2 N–H and O–H groups in total. The second kappa shape index (κ2) is 6.40. The van der Waals surface area contributed by atoms with Gasteiger partial charge in [-0.15, -0.1) is 0 Å². The number of nitrogen functional groups attached to an aromatic ring is 1. The van der Waals surface area contributed by atoms with Gasteiger partial charge >= 0.3 is 6.01 Å². The van der Waals surface area contributed by atoms with E-state index in [2.05, 4.69) is 26.9 Å². The lowest BCUT2D eigenvalue weighted by Gasteiger charge is -2.29. The quantitative estimate of drug-likeness (QED) is 0.817. The van der Waals surface area contributed by atoms with E-state index in [9.17, 15) is 0 Å². The van der Waals surface area contributed by atoms with Gasteiger partial charge in [-0.2, -0.15) is 15.0 Å². The number of rotatable bonds is 3. The molecule has 0 atom stereocenters. The maximum absolute atomic E-state index is 5.89. The van der Waals surface area contributed by atoms with E-state index in [4.69, 9.17) is 15.2 Å². The van der Waals surface area contributed by atoms with Crippen molar-refractivity contribution in [3.8, 4) is 6.01 Å². The molecule has 0 aliphatic carbocycles. The Morgan fingerprint density at radius 3 is 2.52 bits per heavy atom. The Labute approximate surface area is 124 Å². The van der Waals surface area contributed by atoms with Crippen molar-refractivity contribution in [1.82, 2.24) is 19.9 Å². The van der Waals surface area contributed by atoms with Crippen molar-refractivity contribution in [3.63, 3.8) is 0 Å². The van der Waals surface area contributed by atoms with Crippen molar-refractivity contribution < 1.29 is 9.47 Å². The van der Waals surface area contributed by atoms with E-state index in [1.807, 2.05) is 4.90 Å². The number of likely N-dealkylation sites (tertiary alicyclic amines) is 1. The van der Waals surface area contributed by atoms with Crippen LogP contribution < -0.4 is 15.4 Å². The van der Waals surface area contributed by atoms with E-state index in [0.29, 0.717) is 25.2 Å². The van der Waals surface area contributed by atoms with Gasteiger partial charge in [0.05, 0.1) is 13.2 Å². The molecular formula is C13H22N6O2. The zero-order chi connectivity index (χ0) is 14.7. The van der Waals surface area contributed by atoms with E-state index < -0.39 is 0 Å². The molecule has 0 radical (unpaired) electrons. The molecule has 21 heavy (non-hydrogen) atoms. The van der Waals surface area contributed by atoms with Gasteiger partial charge in [0.25, 0.3) is 0 Å². The fraction of sp³-hybridized carbons (Fsp3) is 0.769. The molecule has 0 aromatic carbocycles. The Balaban J connectivity index is 1.68. The second-order valence-corrected chi connectivity index (χ2v) is 5.50. The van der Waals surface area contributed by atoms with Crippen molar-refractivity contribution in [1.29, 1.82) is 0 Å². The fourth-order valence-corrected chi connectivity index (χ4v) is 2.57. The van der Waals surface area contributed by atoms with E-state index in [1.165, 1.54) is 0 Å². The first-order valence-electron chi connectivity index (χ1n) is 7.40. The summed E-state index contributed by atoms with van der Waals surface area (Å²) in [5.41, 5.74) is 5.78. The molecule has 1 aromatic rings. The highest BCUT2D eigenvalue weighted by Crippen LogP contribution is 2.19. The first-order chi connectivity index (χ1) is 10.2. The largest absolute Gasteiger partial charge is 0.460 e. The molecule has 2 aliphatic heterocycles. The Morgan fingerprint density at radius 2 is 1.81 bits per heavy atom. The maximum atomic E-state index is 5.89. The van der Waals surface area contributed by atoms with Crippen LogP contribution in [0.25, 0.3) is 0 Å². The van der Waals surface area contributed by atoms with Crippen molar-refractivity contribution >= 4 is 11.9 Å². The van der Waals surface area contributed by atoms with Gasteiger partial charge in [-0.1, -0.05) is 0 Å². The molecule has 2 fully saturated rings. The van der Waals surface area contributed by atoms with E-state index in [-0.39, 0.29) is 12.1 Å². The number of aromatic nitrogens is 3. The highest BCUT2D eigenvalue weighted by Gasteiger charge is 2.21. The number of piperidine rings is 1. The normalized spacial score (nSPS) is 21.5. The SMILES string of the molecule is CN1CCC(Oc2nc(N)nc(N3CCOCC3)n2)CC1. The zero-order valence-electron chi connectivity index (χ0n) is 12.4. The standard InChI is InChI=1S/C13H22N6O2/c1-18-4-2-10(3-5-18)21-13-16-11(14)15-12(17-13)19-6-8-20-9-7-19/h10H,2-9H2,1H3,(H2,14,15,16,17). The molecule has 8 heteroatoms. The molecule has 2 aliphatic rings. The van der Waals surface area contributed by atoms with Crippen LogP contribution in [0.3, 0.4) is 0 Å². The van der Waals surface area contributed by atoms with E-state index in [0.717, 1.165) is 39.0 Å². The smallest absolute Gasteiger partial charge is 0.323 e. The third kappa shape index (κ3) is 3.70. The van der Waals surface area contributed by atoms with Gasteiger partial charge in [-0.3, -0.25) is 0 Å². The summed E-state index contributed by atoms with van der Waals surface area (Å²) in [6, 6.07) is 0.332. The minimum Gasteiger partial charge on any atom is -0.460 e. The minimum absolute atomic E-state index is 0.153. The van der Waals surface area contributed by atoms with Gasteiger partial charge < -0.3 is 25.0 Å². The van der Waals surface area contributed by atoms with Crippen molar-refractivity contribution in [3.05, 3.63) is 0 Å². The Hall–Kier alpha value is -1.67. The lowest BCUT2D eigenvalue weighted by Crippen LogP contribution is -2.38. The van der Waals surface area contributed by atoms with E-state index in [1.54, 1.807) is 0 Å². The Morgan fingerprint density at radius 1 is 1.10 bits per heavy atom. The molecule has 0 amide bonds. The summed E-state index contributed by atoms with van der Waals surface area (Å²) in [6.07, 6.45) is 2.12. The van der Waals surface area contributed by atoms with Gasteiger partial charge in [0.15, 0.2) is 0 Å². The summed E-state index contributed by atoms with van der Waals surface area (Å²) in [7, 11) is 2.12. The summed E-state index contributed by atoms with van der Waals surface area (Å²) in [4.78, 5) is 17.0. The fourth-order valence-electron chi connectivity index (χ4n) is 2.57. The van der Waals surface area contributed by atoms with Crippen LogP contribution in [0.1, 0.15) is 12.8 Å².